The summed E-state index contributed by atoms with van der Waals surface area (Å²) in [7, 11) is 5.40. The number of nitrogens with zero attached hydrogens (tertiary/aromatic N) is 1. The molecule has 0 spiro atoms. The standard InChI is InChI=1S/C5H11NO2.H3N/c1-6(2,3)4-5(7)8;/h4H2,1-3H3;1H3. The minimum absolute atomic E-state index is 0. The van der Waals surface area contributed by atoms with Crippen LogP contribution in [0, 0.1) is 0 Å². The molecule has 0 aliphatic rings. The second-order valence-electron chi connectivity index (χ2n) is 2.82. The number of hydrogen-bond donors (Lipinski definition) is 1. The van der Waals surface area contributed by atoms with E-state index in [0.29, 0.717) is 4.48 Å². The van der Waals surface area contributed by atoms with Crippen LogP contribution >= 0.6 is 0 Å². The van der Waals surface area contributed by atoms with Crippen molar-refractivity contribution >= 4 is 5.97 Å². The molecule has 0 heterocycles. The summed E-state index contributed by atoms with van der Waals surface area (Å²) in [5, 5.41) is 9.89. The van der Waals surface area contributed by atoms with E-state index in [1.807, 2.05) is 0 Å². The van der Waals surface area contributed by atoms with Crippen molar-refractivity contribution in [1.29, 1.82) is 0 Å². The van der Waals surface area contributed by atoms with E-state index in [4.69, 9.17) is 0 Å². The maximum Gasteiger partial charge on any atom is 0.118 e. The van der Waals surface area contributed by atoms with Crippen molar-refractivity contribution in [3.63, 3.8) is 0 Å². The highest BCUT2D eigenvalue weighted by atomic mass is 16.4. The number of likely N-dealkylation sites (N-methyl/N-ethyl adjacent to an activating group) is 1. The fraction of sp³-hybridized carbons (Fsp3) is 0.800. The van der Waals surface area contributed by atoms with E-state index in [1.165, 1.54) is 0 Å². The van der Waals surface area contributed by atoms with Crippen molar-refractivity contribution in [2.24, 2.45) is 0 Å². The van der Waals surface area contributed by atoms with Crippen molar-refractivity contribution in [2.75, 3.05) is 27.7 Å². The first kappa shape index (κ1) is 11.2. The van der Waals surface area contributed by atoms with Crippen molar-refractivity contribution in [3.05, 3.63) is 0 Å². The summed E-state index contributed by atoms with van der Waals surface area (Å²) in [6, 6.07) is 0. The van der Waals surface area contributed by atoms with Crippen LogP contribution in [-0.2, 0) is 4.79 Å². The minimum atomic E-state index is -1.00. The van der Waals surface area contributed by atoms with Gasteiger partial charge in [0.05, 0.1) is 27.1 Å². The Morgan fingerprint density at radius 3 is 1.78 bits per heavy atom. The Morgan fingerprint density at radius 2 is 1.78 bits per heavy atom. The highest BCUT2D eigenvalue weighted by Gasteiger charge is 2.04. The molecule has 0 radical (unpaired) electrons. The summed E-state index contributed by atoms with van der Waals surface area (Å²) in [5.41, 5.74) is 0. The van der Waals surface area contributed by atoms with Gasteiger partial charge in [-0.3, -0.25) is 0 Å². The van der Waals surface area contributed by atoms with Gasteiger partial charge in [0, 0.05) is 0 Å². The van der Waals surface area contributed by atoms with Crippen molar-refractivity contribution in [3.8, 4) is 0 Å². The molecule has 3 N–H and O–H groups in total. The molecule has 56 valence electrons. The first-order chi connectivity index (χ1) is 3.42. The summed E-state index contributed by atoms with van der Waals surface area (Å²) in [6.07, 6.45) is 0. The smallest absolute Gasteiger partial charge is 0.118 e. The van der Waals surface area contributed by atoms with Crippen LogP contribution in [-0.4, -0.2) is 38.1 Å². The van der Waals surface area contributed by atoms with Gasteiger partial charge in [0.25, 0.3) is 0 Å². The lowest BCUT2D eigenvalue weighted by Gasteiger charge is -2.23. The zero-order valence-corrected chi connectivity index (χ0v) is 6.18. The Hall–Kier alpha value is -0.610. The molecule has 0 aromatic rings. The Labute approximate surface area is 55.3 Å². The van der Waals surface area contributed by atoms with E-state index in [0.717, 1.165) is 0 Å². The highest BCUT2D eigenvalue weighted by molar-refractivity contribution is 5.65. The molecule has 0 atom stereocenters. The molecule has 0 amide bonds. The quantitative estimate of drug-likeness (QED) is 0.472. The Bertz CT molecular complexity index is 95.6. The number of carboxylic acid groups (broad SMARTS) is 1. The molecule has 0 saturated heterocycles. The van der Waals surface area contributed by atoms with Gasteiger partial charge in [-0.25, -0.2) is 0 Å². The lowest BCUT2D eigenvalue weighted by Crippen LogP contribution is -2.45. The number of aliphatic carboxylic acids is 1. The van der Waals surface area contributed by atoms with Gasteiger partial charge >= 0.3 is 0 Å². The predicted molar refractivity (Wildman–Crippen MR) is 32.9 cm³/mol. The van der Waals surface area contributed by atoms with E-state index >= 15 is 0 Å². The topological polar surface area (TPSA) is 75.1 Å². The van der Waals surface area contributed by atoms with Gasteiger partial charge in [-0.05, 0) is 0 Å². The number of carbonyl (C=O) groups excluding carboxylic acids is 1. The summed E-state index contributed by atoms with van der Waals surface area (Å²) in [6.45, 7) is 0.0694. The van der Waals surface area contributed by atoms with Gasteiger partial charge in [-0.2, -0.15) is 0 Å². The predicted octanol–water partition coefficient (Wildman–Crippen LogP) is -1.40. The zero-order valence-electron chi connectivity index (χ0n) is 6.18. The van der Waals surface area contributed by atoms with Crippen molar-refractivity contribution < 1.29 is 14.4 Å². The zero-order chi connectivity index (χ0) is 6.78. The van der Waals surface area contributed by atoms with Crippen LogP contribution in [0.4, 0.5) is 0 Å². The first-order valence-electron chi connectivity index (χ1n) is 2.42. The van der Waals surface area contributed by atoms with Crippen LogP contribution in [0.1, 0.15) is 0 Å². The summed E-state index contributed by atoms with van der Waals surface area (Å²) < 4.78 is 0.419. The average Bonchev–Trinajstić information content (AvgIpc) is 1.21. The van der Waals surface area contributed by atoms with Gasteiger partial charge < -0.3 is 20.5 Å². The average molecular weight is 134 g/mol. The van der Waals surface area contributed by atoms with Gasteiger partial charge in [0.2, 0.25) is 0 Å². The van der Waals surface area contributed by atoms with Gasteiger partial charge in [-0.1, -0.05) is 0 Å². The van der Waals surface area contributed by atoms with Gasteiger partial charge in [-0.15, -0.1) is 0 Å². The van der Waals surface area contributed by atoms with Crippen LogP contribution in [0.2, 0.25) is 0 Å². The largest absolute Gasteiger partial charge is 0.544 e. The number of quaternary nitrogens is 1. The molecule has 0 fully saturated rings. The van der Waals surface area contributed by atoms with Crippen molar-refractivity contribution in [1.82, 2.24) is 6.15 Å². The number of rotatable bonds is 2. The molecule has 0 rings (SSSR count). The molecule has 0 aliphatic heterocycles. The van der Waals surface area contributed by atoms with E-state index in [-0.39, 0.29) is 12.7 Å². The summed E-state index contributed by atoms with van der Waals surface area (Å²) >= 11 is 0. The number of hydrogen-bond acceptors (Lipinski definition) is 3. The molecule has 0 aliphatic carbocycles. The first-order valence-corrected chi connectivity index (χ1v) is 2.42. The lowest BCUT2D eigenvalue weighted by atomic mass is 10.5. The maximum absolute atomic E-state index is 9.89. The normalized spacial score (nSPS) is 10.1. The Balaban J connectivity index is 0. The van der Waals surface area contributed by atoms with Crippen LogP contribution in [0.5, 0.6) is 0 Å². The van der Waals surface area contributed by atoms with Crippen LogP contribution in [0.3, 0.4) is 0 Å². The molecule has 0 saturated carbocycles. The van der Waals surface area contributed by atoms with Gasteiger partial charge in [0.1, 0.15) is 6.54 Å². The van der Waals surface area contributed by atoms with Crippen LogP contribution < -0.4 is 11.3 Å². The highest BCUT2D eigenvalue weighted by Crippen LogP contribution is 1.84. The molecule has 9 heavy (non-hydrogen) atoms. The number of carboxylic acids is 1. The van der Waals surface area contributed by atoms with Gasteiger partial charge in [0.15, 0.2) is 0 Å². The van der Waals surface area contributed by atoms with Crippen LogP contribution in [0.15, 0.2) is 0 Å². The summed E-state index contributed by atoms with van der Waals surface area (Å²) in [4.78, 5) is 9.89. The molecule has 4 heteroatoms. The molecular formula is C5H14N2O2. The molecule has 0 aromatic carbocycles. The summed E-state index contributed by atoms with van der Waals surface area (Å²) in [5.74, 6) is -1.00. The second-order valence-corrected chi connectivity index (χ2v) is 2.82. The third kappa shape index (κ3) is 11.1. The van der Waals surface area contributed by atoms with E-state index < -0.39 is 5.97 Å². The molecule has 0 unspecified atom stereocenters. The van der Waals surface area contributed by atoms with E-state index in [1.54, 1.807) is 21.1 Å². The van der Waals surface area contributed by atoms with Crippen molar-refractivity contribution in [2.45, 2.75) is 0 Å². The number of carbonyl (C=O) groups is 1. The Kier molecular flexibility index (Phi) is 4.27. The van der Waals surface area contributed by atoms with Crippen LogP contribution in [0.25, 0.3) is 0 Å². The molecular weight excluding hydrogens is 120 g/mol. The van der Waals surface area contributed by atoms with E-state index in [2.05, 4.69) is 0 Å². The lowest BCUT2D eigenvalue weighted by molar-refractivity contribution is -0.864. The SMILES string of the molecule is C[N+](C)(C)CC(=O)[O-].N. The monoisotopic (exact) mass is 134 g/mol. The fourth-order valence-corrected chi connectivity index (χ4v) is 0.387. The fourth-order valence-electron chi connectivity index (χ4n) is 0.387. The third-order valence-electron chi connectivity index (χ3n) is 0.603. The molecule has 0 bridgehead atoms. The molecule has 0 aromatic heterocycles. The Morgan fingerprint density at radius 1 is 1.44 bits per heavy atom. The minimum Gasteiger partial charge on any atom is -0.544 e. The third-order valence-corrected chi connectivity index (χ3v) is 0.603. The molecule has 4 nitrogen and oxygen atoms in total. The second kappa shape index (κ2) is 3.42. The van der Waals surface area contributed by atoms with E-state index in [9.17, 15) is 9.90 Å². The maximum atomic E-state index is 9.89.